The maximum absolute atomic E-state index is 12.1. The summed E-state index contributed by atoms with van der Waals surface area (Å²) in [6.45, 7) is 1.89. The molecule has 0 aliphatic carbocycles. The zero-order valence-electron chi connectivity index (χ0n) is 8.68. The van der Waals surface area contributed by atoms with Gasteiger partial charge >= 0.3 is 0 Å². The SMILES string of the molecule is CC(C(=O)c1csc(Br)c1)c1ccccn1. The Bertz CT molecular complexity index is 495. The molecule has 2 aromatic rings. The fraction of sp³-hybridized carbons (Fsp3) is 0.167. The van der Waals surface area contributed by atoms with Gasteiger partial charge in [-0.2, -0.15) is 0 Å². The second-order valence-corrected chi connectivity index (χ2v) is 5.77. The molecular weight excluding hydrogens is 286 g/mol. The van der Waals surface area contributed by atoms with E-state index in [0.717, 1.165) is 15.0 Å². The Hall–Kier alpha value is -1.00. The van der Waals surface area contributed by atoms with Gasteiger partial charge in [-0.1, -0.05) is 6.07 Å². The molecule has 0 saturated carbocycles. The van der Waals surface area contributed by atoms with Crippen LogP contribution in [-0.4, -0.2) is 10.8 Å². The van der Waals surface area contributed by atoms with E-state index in [4.69, 9.17) is 0 Å². The molecule has 1 atom stereocenters. The molecule has 82 valence electrons. The van der Waals surface area contributed by atoms with Gasteiger partial charge in [-0.05, 0) is 41.1 Å². The number of thiophene rings is 1. The molecular formula is C12H10BrNOS. The van der Waals surface area contributed by atoms with Gasteiger partial charge in [-0.15, -0.1) is 11.3 Å². The number of Topliss-reactive ketones (excluding diaryl/α,β-unsaturated/α-hetero) is 1. The smallest absolute Gasteiger partial charge is 0.172 e. The Morgan fingerprint density at radius 2 is 2.31 bits per heavy atom. The van der Waals surface area contributed by atoms with Crippen LogP contribution in [-0.2, 0) is 0 Å². The standard InChI is InChI=1S/C12H10BrNOS/c1-8(10-4-2-3-5-14-10)12(15)9-6-11(13)16-7-9/h2-8H,1H3. The number of hydrogen-bond donors (Lipinski definition) is 0. The summed E-state index contributed by atoms with van der Waals surface area (Å²) in [6, 6.07) is 7.48. The third kappa shape index (κ3) is 2.39. The predicted octanol–water partition coefficient (Wildman–Crippen LogP) is 3.89. The van der Waals surface area contributed by atoms with E-state index in [0.29, 0.717) is 0 Å². The molecule has 4 heteroatoms. The molecule has 0 aliphatic rings. The van der Waals surface area contributed by atoms with Crippen LogP contribution in [0.5, 0.6) is 0 Å². The Labute approximate surface area is 106 Å². The lowest BCUT2D eigenvalue weighted by Crippen LogP contribution is -2.09. The molecule has 2 nitrogen and oxygen atoms in total. The highest BCUT2D eigenvalue weighted by Gasteiger charge is 2.18. The van der Waals surface area contributed by atoms with Gasteiger partial charge in [-0.25, -0.2) is 0 Å². The molecule has 0 spiro atoms. The van der Waals surface area contributed by atoms with Gasteiger partial charge in [0.2, 0.25) is 0 Å². The van der Waals surface area contributed by atoms with E-state index in [9.17, 15) is 4.79 Å². The van der Waals surface area contributed by atoms with Crippen molar-refractivity contribution in [3.8, 4) is 0 Å². The molecule has 0 radical (unpaired) electrons. The largest absolute Gasteiger partial charge is 0.293 e. The van der Waals surface area contributed by atoms with E-state index >= 15 is 0 Å². The van der Waals surface area contributed by atoms with Gasteiger partial charge in [0.15, 0.2) is 5.78 Å². The lowest BCUT2D eigenvalue weighted by atomic mass is 9.98. The quantitative estimate of drug-likeness (QED) is 0.804. The fourth-order valence-electron chi connectivity index (χ4n) is 1.46. The van der Waals surface area contributed by atoms with Gasteiger partial charge in [0.1, 0.15) is 0 Å². The molecule has 2 rings (SSSR count). The first-order valence-corrected chi connectivity index (χ1v) is 6.55. The van der Waals surface area contributed by atoms with E-state index in [1.54, 1.807) is 6.20 Å². The van der Waals surface area contributed by atoms with Crippen molar-refractivity contribution in [1.29, 1.82) is 0 Å². The molecule has 0 bridgehead atoms. The number of halogens is 1. The topological polar surface area (TPSA) is 30.0 Å². The second-order valence-electron chi connectivity index (χ2n) is 3.48. The lowest BCUT2D eigenvalue weighted by molar-refractivity contribution is 0.0965. The fourth-order valence-corrected chi connectivity index (χ4v) is 2.60. The van der Waals surface area contributed by atoms with Crippen molar-refractivity contribution >= 4 is 33.0 Å². The van der Waals surface area contributed by atoms with Crippen LogP contribution < -0.4 is 0 Å². The van der Waals surface area contributed by atoms with Crippen LogP contribution in [0.1, 0.15) is 28.9 Å². The minimum Gasteiger partial charge on any atom is -0.293 e. The van der Waals surface area contributed by atoms with Crippen LogP contribution in [0.4, 0.5) is 0 Å². The molecule has 0 saturated heterocycles. The normalized spacial score (nSPS) is 12.4. The molecule has 2 aromatic heterocycles. The van der Waals surface area contributed by atoms with E-state index in [2.05, 4.69) is 20.9 Å². The molecule has 1 unspecified atom stereocenters. The first-order valence-electron chi connectivity index (χ1n) is 4.87. The first-order chi connectivity index (χ1) is 7.68. The van der Waals surface area contributed by atoms with Crippen LogP contribution in [0, 0.1) is 0 Å². The molecule has 0 fully saturated rings. The zero-order valence-corrected chi connectivity index (χ0v) is 11.1. The molecule has 2 heterocycles. The number of nitrogens with zero attached hydrogens (tertiary/aromatic N) is 1. The third-order valence-electron chi connectivity index (χ3n) is 2.38. The van der Waals surface area contributed by atoms with Crippen molar-refractivity contribution in [2.24, 2.45) is 0 Å². The second kappa shape index (κ2) is 4.89. The van der Waals surface area contributed by atoms with Crippen molar-refractivity contribution in [3.05, 3.63) is 50.9 Å². The van der Waals surface area contributed by atoms with E-state index in [-0.39, 0.29) is 11.7 Å². The van der Waals surface area contributed by atoms with Crippen LogP contribution in [0.25, 0.3) is 0 Å². The summed E-state index contributed by atoms with van der Waals surface area (Å²) in [5, 5.41) is 1.87. The van der Waals surface area contributed by atoms with Crippen LogP contribution in [0.15, 0.2) is 39.6 Å². The summed E-state index contributed by atoms with van der Waals surface area (Å²) in [6.07, 6.45) is 1.71. The van der Waals surface area contributed by atoms with Gasteiger partial charge in [0, 0.05) is 17.1 Å². The average molecular weight is 296 g/mol. The number of hydrogen-bond acceptors (Lipinski definition) is 3. The van der Waals surface area contributed by atoms with E-state index in [1.807, 2.05) is 36.6 Å². The maximum atomic E-state index is 12.1. The summed E-state index contributed by atoms with van der Waals surface area (Å²) in [5.41, 5.74) is 1.56. The highest BCUT2D eigenvalue weighted by molar-refractivity contribution is 9.11. The van der Waals surface area contributed by atoms with E-state index in [1.165, 1.54) is 11.3 Å². The van der Waals surface area contributed by atoms with Gasteiger partial charge in [-0.3, -0.25) is 9.78 Å². The van der Waals surface area contributed by atoms with E-state index < -0.39 is 0 Å². The number of pyridine rings is 1. The number of carbonyl (C=O) groups is 1. The minimum atomic E-state index is -0.192. The van der Waals surface area contributed by atoms with Gasteiger partial charge in [0.05, 0.1) is 15.4 Å². The van der Waals surface area contributed by atoms with Crippen molar-refractivity contribution < 1.29 is 4.79 Å². The monoisotopic (exact) mass is 295 g/mol. The number of rotatable bonds is 3. The van der Waals surface area contributed by atoms with Gasteiger partial charge < -0.3 is 0 Å². The molecule has 0 aliphatic heterocycles. The Morgan fingerprint density at radius 1 is 1.50 bits per heavy atom. The molecule has 0 aromatic carbocycles. The third-order valence-corrected chi connectivity index (χ3v) is 3.88. The summed E-state index contributed by atoms with van der Waals surface area (Å²) < 4.78 is 0.976. The summed E-state index contributed by atoms with van der Waals surface area (Å²) >= 11 is 4.88. The summed E-state index contributed by atoms with van der Waals surface area (Å²) in [7, 11) is 0. The lowest BCUT2D eigenvalue weighted by Gasteiger charge is -2.07. The first kappa shape index (κ1) is 11.5. The van der Waals surface area contributed by atoms with Crippen molar-refractivity contribution in [2.75, 3.05) is 0 Å². The number of aromatic nitrogens is 1. The Kier molecular flexibility index (Phi) is 3.51. The minimum absolute atomic E-state index is 0.112. The average Bonchev–Trinajstić information content (AvgIpc) is 2.75. The van der Waals surface area contributed by atoms with Crippen LogP contribution in [0.2, 0.25) is 0 Å². The highest BCUT2D eigenvalue weighted by atomic mass is 79.9. The van der Waals surface area contributed by atoms with Crippen molar-refractivity contribution in [2.45, 2.75) is 12.8 Å². The molecule has 0 N–H and O–H groups in total. The number of ketones is 1. The maximum Gasteiger partial charge on any atom is 0.172 e. The highest BCUT2D eigenvalue weighted by Crippen LogP contribution is 2.25. The predicted molar refractivity (Wildman–Crippen MR) is 69.0 cm³/mol. The Morgan fingerprint density at radius 3 is 2.88 bits per heavy atom. The molecule has 0 amide bonds. The van der Waals surface area contributed by atoms with Crippen LogP contribution in [0.3, 0.4) is 0 Å². The van der Waals surface area contributed by atoms with Gasteiger partial charge in [0.25, 0.3) is 0 Å². The number of carbonyl (C=O) groups excluding carboxylic acids is 1. The van der Waals surface area contributed by atoms with Crippen LogP contribution >= 0.6 is 27.3 Å². The molecule has 16 heavy (non-hydrogen) atoms. The summed E-state index contributed by atoms with van der Waals surface area (Å²) in [5.74, 6) is -0.0802. The zero-order chi connectivity index (χ0) is 11.5. The Balaban J connectivity index is 2.23. The van der Waals surface area contributed by atoms with Crippen molar-refractivity contribution in [1.82, 2.24) is 4.98 Å². The summed E-state index contributed by atoms with van der Waals surface area (Å²) in [4.78, 5) is 16.3. The van der Waals surface area contributed by atoms with Crippen molar-refractivity contribution in [3.63, 3.8) is 0 Å².